The molecule has 0 spiro atoms. The van der Waals surface area contributed by atoms with Crippen molar-refractivity contribution >= 4 is 16.9 Å². The molecule has 2 aromatic heterocycles. The van der Waals surface area contributed by atoms with Crippen LogP contribution in [0.5, 0.6) is 0 Å². The lowest BCUT2D eigenvalue weighted by atomic mass is 10.1. The second-order valence-electron chi connectivity index (χ2n) is 5.06. The number of aromatic amines is 2. The molecule has 0 aliphatic heterocycles. The van der Waals surface area contributed by atoms with Gasteiger partial charge in [-0.15, -0.1) is 0 Å². The molecule has 0 saturated carbocycles. The molecule has 5 heteroatoms. The van der Waals surface area contributed by atoms with Crippen LogP contribution in [0.2, 0.25) is 0 Å². The van der Waals surface area contributed by atoms with Crippen LogP contribution in [-0.4, -0.2) is 22.5 Å². The van der Waals surface area contributed by atoms with Gasteiger partial charge in [0, 0.05) is 17.1 Å². The van der Waals surface area contributed by atoms with E-state index in [9.17, 15) is 9.59 Å². The van der Waals surface area contributed by atoms with Gasteiger partial charge in [0.15, 0.2) is 0 Å². The van der Waals surface area contributed by atoms with E-state index in [1.54, 1.807) is 19.1 Å². The monoisotopic (exact) mass is 296 g/mol. The van der Waals surface area contributed by atoms with Gasteiger partial charge in [0.05, 0.1) is 18.0 Å². The average molecular weight is 296 g/mol. The van der Waals surface area contributed by atoms with E-state index < -0.39 is 5.97 Å². The van der Waals surface area contributed by atoms with Crippen molar-refractivity contribution in [3.05, 3.63) is 57.9 Å². The normalized spacial score (nSPS) is 10.8. The maximum Gasteiger partial charge on any atom is 0.344 e. The number of para-hydroxylation sites is 1. The number of ether oxygens (including phenoxy) is 1. The predicted octanol–water partition coefficient (Wildman–Crippen LogP) is 3.01. The molecular formula is C17H16N2O3. The quantitative estimate of drug-likeness (QED) is 0.730. The highest BCUT2D eigenvalue weighted by Crippen LogP contribution is 2.22. The highest BCUT2D eigenvalue weighted by atomic mass is 16.5. The zero-order valence-corrected chi connectivity index (χ0v) is 12.4. The summed E-state index contributed by atoms with van der Waals surface area (Å²) < 4.78 is 5.05. The van der Waals surface area contributed by atoms with Gasteiger partial charge in [-0.1, -0.05) is 12.1 Å². The van der Waals surface area contributed by atoms with Crippen molar-refractivity contribution in [1.29, 1.82) is 0 Å². The largest absolute Gasteiger partial charge is 0.462 e. The first-order valence-corrected chi connectivity index (χ1v) is 7.09. The van der Waals surface area contributed by atoms with E-state index in [0.717, 1.165) is 5.56 Å². The summed E-state index contributed by atoms with van der Waals surface area (Å²) in [6.45, 7) is 3.86. The number of carbonyl (C=O) groups is 1. The Balaban J connectivity index is 2.35. The van der Waals surface area contributed by atoms with Crippen LogP contribution >= 0.6 is 0 Å². The number of hydrogen-bond donors (Lipinski definition) is 2. The van der Waals surface area contributed by atoms with Crippen LogP contribution in [0.1, 0.15) is 22.8 Å². The number of esters is 1. The van der Waals surface area contributed by atoms with E-state index >= 15 is 0 Å². The first kappa shape index (κ1) is 14.1. The summed E-state index contributed by atoms with van der Waals surface area (Å²) in [5.41, 5.74) is 2.54. The third-order valence-electron chi connectivity index (χ3n) is 3.48. The highest BCUT2D eigenvalue weighted by molar-refractivity contribution is 5.99. The van der Waals surface area contributed by atoms with Gasteiger partial charge < -0.3 is 14.7 Å². The fourth-order valence-corrected chi connectivity index (χ4v) is 2.48. The number of aromatic nitrogens is 2. The zero-order chi connectivity index (χ0) is 15.7. The van der Waals surface area contributed by atoms with Gasteiger partial charge >= 0.3 is 5.97 Å². The van der Waals surface area contributed by atoms with Crippen LogP contribution in [0.4, 0.5) is 0 Å². The maximum absolute atomic E-state index is 12.7. The fraction of sp³-hybridized carbons (Fsp3) is 0.176. The number of nitrogens with one attached hydrogen (secondary N) is 2. The summed E-state index contributed by atoms with van der Waals surface area (Å²) in [6, 6.07) is 8.99. The lowest BCUT2D eigenvalue weighted by Gasteiger charge is -2.09. The maximum atomic E-state index is 12.7. The molecule has 0 aliphatic carbocycles. The molecular weight excluding hydrogens is 280 g/mol. The Kier molecular flexibility index (Phi) is 3.55. The Hall–Kier alpha value is -2.82. The van der Waals surface area contributed by atoms with Crippen LogP contribution in [-0.2, 0) is 4.74 Å². The van der Waals surface area contributed by atoms with Crippen molar-refractivity contribution in [2.24, 2.45) is 0 Å². The number of fused-ring (bicyclic) bond motifs is 1. The number of carbonyl (C=O) groups excluding carboxylic acids is 1. The predicted molar refractivity (Wildman–Crippen MR) is 85.0 cm³/mol. The highest BCUT2D eigenvalue weighted by Gasteiger charge is 2.21. The molecule has 0 fully saturated rings. The number of hydrogen-bond acceptors (Lipinski definition) is 3. The molecule has 3 aromatic rings. The number of rotatable bonds is 3. The molecule has 0 atom stereocenters. The minimum absolute atomic E-state index is 0.0300. The molecule has 0 bridgehead atoms. The van der Waals surface area contributed by atoms with Crippen molar-refractivity contribution in [3.63, 3.8) is 0 Å². The lowest BCUT2D eigenvalue weighted by molar-refractivity contribution is 0.0525. The minimum Gasteiger partial charge on any atom is -0.462 e. The smallest absolute Gasteiger partial charge is 0.344 e. The van der Waals surface area contributed by atoms with E-state index in [1.807, 2.05) is 31.3 Å². The van der Waals surface area contributed by atoms with Crippen LogP contribution in [0.25, 0.3) is 22.3 Å². The molecule has 2 heterocycles. The van der Waals surface area contributed by atoms with Crippen molar-refractivity contribution in [3.8, 4) is 11.4 Å². The Labute approximate surface area is 126 Å². The summed E-state index contributed by atoms with van der Waals surface area (Å²) in [6.07, 6.45) is 1.82. The molecule has 22 heavy (non-hydrogen) atoms. The second kappa shape index (κ2) is 5.52. The number of H-pyrrole nitrogens is 2. The van der Waals surface area contributed by atoms with Crippen molar-refractivity contribution in [2.45, 2.75) is 13.8 Å². The second-order valence-corrected chi connectivity index (χ2v) is 5.06. The Morgan fingerprint density at radius 3 is 2.73 bits per heavy atom. The Morgan fingerprint density at radius 1 is 1.27 bits per heavy atom. The molecule has 2 N–H and O–H groups in total. The number of aryl methyl sites for hydroxylation is 1. The molecule has 112 valence electrons. The van der Waals surface area contributed by atoms with Gasteiger partial charge in [-0.2, -0.15) is 0 Å². The Bertz CT molecular complexity index is 906. The van der Waals surface area contributed by atoms with Gasteiger partial charge in [0.25, 0.3) is 0 Å². The van der Waals surface area contributed by atoms with E-state index in [2.05, 4.69) is 9.97 Å². The summed E-state index contributed by atoms with van der Waals surface area (Å²) in [4.78, 5) is 31.2. The molecule has 5 nitrogen and oxygen atoms in total. The van der Waals surface area contributed by atoms with Crippen LogP contribution in [0.3, 0.4) is 0 Å². The molecule has 0 radical (unpaired) electrons. The van der Waals surface area contributed by atoms with Gasteiger partial charge in [-0.05, 0) is 37.6 Å². The molecule has 0 aliphatic rings. The van der Waals surface area contributed by atoms with E-state index in [1.165, 1.54) is 0 Å². The third-order valence-corrected chi connectivity index (χ3v) is 3.48. The first-order chi connectivity index (χ1) is 10.6. The van der Waals surface area contributed by atoms with E-state index in [-0.39, 0.29) is 17.6 Å². The summed E-state index contributed by atoms with van der Waals surface area (Å²) >= 11 is 0. The van der Waals surface area contributed by atoms with Crippen LogP contribution < -0.4 is 5.43 Å². The van der Waals surface area contributed by atoms with Crippen LogP contribution in [0.15, 0.2) is 41.3 Å². The molecule has 0 amide bonds. The third kappa shape index (κ3) is 2.30. The molecule has 3 rings (SSSR count). The lowest BCUT2D eigenvalue weighted by Crippen LogP contribution is -2.20. The van der Waals surface area contributed by atoms with E-state index in [4.69, 9.17) is 4.74 Å². The molecule has 0 unspecified atom stereocenters. The SMILES string of the molecule is CCOC(=O)c1c(-c2cc(C)c[nH]2)[nH]c2ccccc2c1=O. The molecule has 0 saturated heterocycles. The average Bonchev–Trinajstić information content (AvgIpc) is 2.94. The van der Waals surface area contributed by atoms with Gasteiger partial charge in [-0.25, -0.2) is 4.79 Å². The zero-order valence-electron chi connectivity index (χ0n) is 12.4. The van der Waals surface area contributed by atoms with Crippen molar-refractivity contribution < 1.29 is 9.53 Å². The van der Waals surface area contributed by atoms with Gasteiger partial charge in [-0.3, -0.25) is 4.79 Å². The van der Waals surface area contributed by atoms with E-state index in [0.29, 0.717) is 22.3 Å². The summed E-state index contributed by atoms with van der Waals surface area (Å²) in [5, 5.41) is 0.470. The van der Waals surface area contributed by atoms with Crippen molar-refractivity contribution in [1.82, 2.24) is 9.97 Å². The Morgan fingerprint density at radius 2 is 2.05 bits per heavy atom. The topological polar surface area (TPSA) is 75.0 Å². The summed E-state index contributed by atoms with van der Waals surface area (Å²) in [5.74, 6) is -0.614. The number of benzene rings is 1. The fourth-order valence-electron chi connectivity index (χ4n) is 2.48. The van der Waals surface area contributed by atoms with Gasteiger partial charge in [0.2, 0.25) is 5.43 Å². The van der Waals surface area contributed by atoms with Crippen LogP contribution in [0, 0.1) is 6.92 Å². The molecule has 1 aromatic carbocycles. The van der Waals surface area contributed by atoms with Gasteiger partial charge in [0.1, 0.15) is 5.56 Å². The number of pyridine rings is 1. The minimum atomic E-state index is -0.614. The standard InChI is InChI=1S/C17H16N2O3/c1-3-22-17(21)14-15(13-8-10(2)9-18-13)19-12-7-5-4-6-11(12)16(14)20/h4-9,18H,3H2,1-2H3,(H,19,20). The first-order valence-electron chi connectivity index (χ1n) is 7.09. The summed E-state index contributed by atoms with van der Waals surface area (Å²) in [7, 11) is 0. The van der Waals surface area contributed by atoms with Crippen molar-refractivity contribution in [2.75, 3.05) is 6.61 Å².